The smallest absolute Gasteiger partial charge is 0.00984 e. The van der Waals surface area contributed by atoms with Crippen molar-refractivity contribution in [1.82, 2.24) is 4.90 Å². The molecule has 1 aliphatic carbocycles. The predicted molar refractivity (Wildman–Crippen MR) is 64.8 cm³/mol. The van der Waals surface area contributed by atoms with Gasteiger partial charge in [0.25, 0.3) is 0 Å². The third kappa shape index (κ3) is 2.73. The van der Waals surface area contributed by atoms with Gasteiger partial charge in [-0.2, -0.15) is 0 Å². The largest absolute Gasteiger partial charge is 0.330 e. The topological polar surface area (TPSA) is 29.3 Å². The first kappa shape index (κ1) is 11.4. The lowest BCUT2D eigenvalue weighted by Crippen LogP contribution is -2.42. The fraction of sp³-hybridized carbons (Fsp3) is 1.00. The zero-order chi connectivity index (χ0) is 10.9. The van der Waals surface area contributed by atoms with E-state index in [1.165, 1.54) is 45.2 Å². The van der Waals surface area contributed by atoms with E-state index in [1.54, 1.807) is 0 Å². The summed E-state index contributed by atoms with van der Waals surface area (Å²) in [6.07, 6.45) is 6.86. The molecule has 1 aliphatic heterocycles. The number of piperidine rings is 1. The fourth-order valence-electron chi connectivity index (χ4n) is 3.09. The highest BCUT2D eigenvalue weighted by atomic mass is 15.2. The summed E-state index contributed by atoms with van der Waals surface area (Å²) in [7, 11) is 0. The summed E-state index contributed by atoms with van der Waals surface area (Å²) in [5.41, 5.74) is 6.34. The third-order valence-corrected chi connectivity index (χ3v) is 4.51. The monoisotopic (exact) mass is 210 g/mol. The fourth-order valence-corrected chi connectivity index (χ4v) is 3.09. The van der Waals surface area contributed by atoms with E-state index in [0.717, 1.165) is 18.5 Å². The second-order valence-electron chi connectivity index (χ2n) is 6.27. The molecule has 0 aromatic rings. The van der Waals surface area contributed by atoms with Gasteiger partial charge >= 0.3 is 0 Å². The van der Waals surface area contributed by atoms with Crippen molar-refractivity contribution in [2.75, 3.05) is 19.6 Å². The summed E-state index contributed by atoms with van der Waals surface area (Å²) in [4.78, 5) is 2.72. The Balaban J connectivity index is 1.81. The Morgan fingerprint density at radius 1 is 1.20 bits per heavy atom. The molecule has 0 spiro atoms. The molecule has 2 fully saturated rings. The van der Waals surface area contributed by atoms with Crippen LogP contribution in [0.25, 0.3) is 0 Å². The summed E-state index contributed by atoms with van der Waals surface area (Å²) < 4.78 is 0. The molecular formula is C13H26N2. The van der Waals surface area contributed by atoms with Gasteiger partial charge < -0.3 is 10.6 Å². The molecule has 0 bridgehead atoms. The van der Waals surface area contributed by atoms with Gasteiger partial charge in [-0.15, -0.1) is 0 Å². The molecule has 1 saturated heterocycles. The van der Waals surface area contributed by atoms with Crippen molar-refractivity contribution < 1.29 is 0 Å². The molecule has 2 heteroatoms. The van der Waals surface area contributed by atoms with Crippen LogP contribution in [0.1, 0.15) is 46.0 Å². The lowest BCUT2D eigenvalue weighted by Gasteiger charge is -2.40. The molecule has 2 N–H and O–H groups in total. The van der Waals surface area contributed by atoms with Gasteiger partial charge in [-0.3, -0.25) is 0 Å². The van der Waals surface area contributed by atoms with Crippen LogP contribution in [0.5, 0.6) is 0 Å². The lowest BCUT2D eigenvalue weighted by molar-refractivity contribution is 0.0943. The quantitative estimate of drug-likeness (QED) is 0.757. The molecule has 0 amide bonds. The highest BCUT2D eigenvalue weighted by Gasteiger charge is 2.33. The first-order valence-corrected chi connectivity index (χ1v) is 6.55. The molecule has 88 valence electrons. The Hall–Kier alpha value is -0.0800. The van der Waals surface area contributed by atoms with Crippen LogP contribution in [0.2, 0.25) is 0 Å². The van der Waals surface area contributed by atoms with E-state index in [4.69, 9.17) is 5.73 Å². The normalized spacial score (nSPS) is 37.0. The van der Waals surface area contributed by atoms with Crippen LogP contribution in [0, 0.1) is 11.3 Å². The van der Waals surface area contributed by atoms with E-state index in [-0.39, 0.29) is 0 Å². The third-order valence-electron chi connectivity index (χ3n) is 4.51. The standard InChI is InChI=1S/C13H26N2/c1-13(2)5-7-15(8-6-13)12-4-3-11(9-12)10-14/h11-12H,3-10,14H2,1-2H3. The van der Waals surface area contributed by atoms with Crippen LogP contribution >= 0.6 is 0 Å². The zero-order valence-electron chi connectivity index (χ0n) is 10.3. The molecule has 15 heavy (non-hydrogen) atoms. The van der Waals surface area contributed by atoms with Crippen molar-refractivity contribution in [3.63, 3.8) is 0 Å². The Kier molecular flexibility index (Phi) is 3.36. The van der Waals surface area contributed by atoms with Crippen molar-refractivity contribution in [2.45, 2.75) is 52.0 Å². The predicted octanol–water partition coefficient (Wildman–Crippen LogP) is 2.24. The van der Waals surface area contributed by atoms with Crippen LogP contribution in [0.4, 0.5) is 0 Å². The van der Waals surface area contributed by atoms with Crippen LogP contribution in [0.3, 0.4) is 0 Å². The highest BCUT2D eigenvalue weighted by Crippen LogP contribution is 2.35. The van der Waals surface area contributed by atoms with Gasteiger partial charge in [0.2, 0.25) is 0 Å². The number of nitrogens with two attached hydrogens (primary N) is 1. The average molecular weight is 210 g/mol. The lowest BCUT2D eigenvalue weighted by atomic mass is 9.82. The van der Waals surface area contributed by atoms with Gasteiger partial charge in [0, 0.05) is 6.04 Å². The first-order chi connectivity index (χ1) is 7.11. The van der Waals surface area contributed by atoms with E-state index < -0.39 is 0 Å². The molecule has 1 saturated carbocycles. The van der Waals surface area contributed by atoms with Crippen molar-refractivity contribution in [1.29, 1.82) is 0 Å². The maximum atomic E-state index is 5.75. The molecule has 0 aromatic heterocycles. The van der Waals surface area contributed by atoms with Gasteiger partial charge in [-0.05, 0) is 63.1 Å². The molecule has 0 aromatic carbocycles. The van der Waals surface area contributed by atoms with Crippen molar-refractivity contribution in [2.24, 2.45) is 17.1 Å². The molecule has 0 radical (unpaired) electrons. The molecule has 2 rings (SSSR count). The van der Waals surface area contributed by atoms with Gasteiger partial charge in [0.15, 0.2) is 0 Å². The number of rotatable bonds is 2. The van der Waals surface area contributed by atoms with Crippen LogP contribution in [-0.2, 0) is 0 Å². The minimum atomic E-state index is 0.586. The second-order valence-corrected chi connectivity index (χ2v) is 6.27. The summed E-state index contributed by atoms with van der Waals surface area (Å²) in [5.74, 6) is 0.810. The van der Waals surface area contributed by atoms with Gasteiger partial charge in [0.1, 0.15) is 0 Å². The minimum absolute atomic E-state index is 0.586. The van der Waals surface area contributed by atoms with E-state index in [9.17, 15) is 0 Å². The number of hydrogen-bond acceptors (Lipinski definition) is 2. The molecule has 2 atom stereocenters. The summed E-state index contributed by atoms with van der Waals surface area (Å²) in [6, 6.07) is 0.856. The van der Waals surface area contributed by atoms with Gasteiger partial charge in [-0.25, -0.2) is 0 Å². The molecule has 2 unspecified atom stereocenters. The summed E-state index contributed by atoms with van der Waals surface area (Å²) >= 11 is 0. The SMILES string of the molecule is CC1(C)CCN(C2CCC(CN)C2)CC1. The zero-order valence-corrected chi connectivity index (χ0v) is 10.3. The van der Waals surface area contributed by atoms with Crippen molar-refractivity contribution >= 4 is 0 Å². The maximum Gasteiger partial charge on any atom is 0.00984 e. The molecular weight excluding hydrogens is 184 g/mol. The molecule has 2 aliphatic rings. The van der Waals surface area contributed by atoms with Gasteiger partial charge in [-0.1, -0.05) is 13.8 Å². The van der Waals surface area contributed by atoms with E-state index in [1.807, 2.05) is 0 Å². The van der Waals surface area contributed by atoms with Crippen molar-refractivity contribution in [3.8, 4) is 0 Å². The molecule has 2 nitrogen and oxygen atoms in total. The maximum absolute atomic E-state index is 5.75. The Bertz CT molecular complexity index is 203. The Morgan fingerprint density at radius 2 is 1.87 bits per heavy atom. The average Bonchev–Trinajstić information content (AvgIpc) is 2.66. The Labute approximate surface area is 94.2 Å². The first-order valence-electron chi connectivity index (χ1n) is 6.55. The Morgan fingerprint density at radius 3 is 2.40 bits per heavy atom. The minimum Gasteiger partial charge on any atom is -0.330 e. The summed E-state index contributed by atoms with van der Waals surface area (Å²) in [5, 5.41) is 0. The number of likely N-dealkylation sites (tertiary alicyclic amines) is 1. The van der Waals surface area contributed by atoms with E-state index >= 15 is 0 Å². The van der Waals surface area contributed by atoms with Crippen LogP contribution in [0.15, 0.2) is 0 Å². The van der Waals surface area contributed by atoms with Crippen LogP contribution in [-0.4, -0.2) is 30.6 Å². The van der Waals surface area contributed by atoms with E-state index in [0.29, 0.717) is 5.41 Å². The van der Waals surface area contributed by atoms with Crippen LogP contribution < -0.4 is 5.73 Å². The van der Waals surface area contributed by atoms with E-state index in [2.05, 4.69) is 18.7 Å². The number of hydrogen-bond donors (Lipinski definition) is 1. The van der Waals surface area contributed by atoms with Gasteiger partial charge in [0.05, 0.1) is 0 Å². The van der Waals surface area contributed by atoms with Crippen molar-refractivity contribution in [3.05, 3.63) is 0 Å². The summed E-state index contributed by atoms with van der Waals surface area (Å²) in [6.45, 7) is 8.34. The second kappa shape index (κ2) is 4.42. The number of nitrogens with zero attached hydrogens (tertiary/aromatic N) is 1. The molecule has 1 heterocycles. The highest BCUT2D eigenvalue weighted by molar-refractivity contribution is 4.87.